The van der Waals surface area contributed by atoms with Crippen molar-refractivity contribution in [3.05, 3.63) is 41.7 Å². The second-order valence-electron chi connectivity index (χ2n) is 4.77. The lowest BCUT2D eigenvalue weighted by Crippen LogP contribution is -2.30. The number of halogens is 1. The molecule has 0 unspecified atom stereocenters. The smallest absolute Gasteiger partial charge is 0.264 e. The summed E-state index contributed by atoms with van der Waals surface area (Å²) in [6.45, 7) is 0. The summed E-state index contributed by atoms with van der Waals surface area (Å²) in [5.41, 5.74) is 0.961. The van der Waals surface area contributed by atoms with Gasteiger partial charge in [0.05, 0.1) is 4.90 Å². The fraction of sp³-hybridized carbons (Fsp3) is 0.357. The minimum atomic E-state index is -4.00. The summed E-state index contributed by atoms with van der Waals surface area (Å²) in [5, 5.41) is 0. The second kappa shape index (κ2) is 6.17. The molecule has 0 saturated heterocycles. The summed E-state index contributed by atoms with van der Waals surface area (Å²) in [6, 6.07) is 4.57. The molecule has 0 atom stereocenters. The predicted molar refractivity (Wildman–Crippen MR) is 72.9 cm³/mol. The van der Waals surface area contributed by atoms with E-state index < -0.39 is 21.7 Å². The lowest BCUT2D eigenvalue weighted by atomic mass is 9.97. The van der Waals surface area contributed by atoms with Gasteiger partial charge in [0.25, 0.3) is 10.0 Å². The Balaban J connectivity index is 2.04. The summed E-state index contributed by atoms with van der Waals surface area (Å²) >= 11 is 0. The van der Waals surface area contributed by atoms with Crippen molar-refractivity contribution in [3.8, 4) is 0 Å². The average molecular weight is 297 g/mol. The van der Waals surface area contributed by atoms with E-state index in [-0.39, 0.29) is 11.3 Å². The van der Waals surface area contributed by atoms with Crippen molar-refractivity contribution in [1.29, 1.82) is 0 Å². The van der Waals surface area contributed by atoms with Gasteiger partial charge in [-0.15, -0.1) is 0 Å². The third-order valence-electron chi connectivity index (χ3n) is 3.13. The third kappa shape index (κ3) is 3.90. The standard InChI is InChI=1S/C14H16FNO3S/c15-12-7-4-8-13(10-12)20(18,19)16-14(17)9-11-5-2-1-3-6-11/h4-5,7-8,10H,1-3,6,9H2,(H,16,17). The Morgan fingerprint density at radius 3 is 2.75 bits per heavy atom. The molecule has 20 heavy (non-hydrogen) atoms. The summed E-state index contributed by atoms with van der Waals surface area (Å²) in [6.07, 6.45) is 5.95. The molecule has 6 heteroatoms. The van der Waals surface area contributed by atoms with Crippen molar-refractivity contribution in [2.24, 2.45) is 0 Å². The van der Waals surface area contributed by atoms with Crippen molar-refractivity contribution in [2.45, 2.75) is 37.0 Å². The number of carbonyl (C=O) groups excluding carboxylic acids is 1. The molecule has 0 saturated carbocycles. The topological polar surface area (TPSA) is 63.2 Å². The maximum Gasteiger partial charge on any atom is 0.264 e. The minimum Gasteiger partial charge on any atom is -0.274 e. The van der Waals surface area contributed by atoms with E-state index in [1.165, 1.54) is 12.1 Å². The Labute approximate surface area is 117 Å². The van der Waals surface area contributed by atoms with Crippen LogP contribution in [0.15, 0.2) is 40.8 Å². The van der Waals surface area contributed by atoms with Crippen LogP contribution in [0.1, 0.15) is 32.1 Å². The van der Waals surface area contributed by atoms with E-state index in [2.05, 4.69) is 0 Å². The van der Waals surface area contributed by atoms with Crippen molar-refractivity contribution in [1.82, 2.24) is 4.72 Å². The second-order valence-corrected chi connectivity index (χ2v) is 6.45. The van der Waals surface area contributed by atoms with Crippen LogP contribution < -0.4 is 4.72 Å². The number of benzene rings is 1. The predicted octanol–water partition coefficient (Wildman–Crippen LogP) is 2.52. The summed E-state index contributed by atoms with van der Waals surface area (Å²) in [5.74, 6) is -1.24. The van der Waals surface area contributed by atoms with Crippen molar-refractivity contribution < 1.29 is 17.6 Å². The van der Waals surface area contributed by atoms with Crippen LogP contribution in [-0.4, -0.2) is 14.3 Å². The van der Waals surface area contributed by atoms with Crippen molar-refractivity contribution in [3.63, 3.8) is 0 Å². The van der Waals surface area contributed by atoms with Gasteiger partial charge < -0.3 is 0 Å². The minimum absolute atomic E-state index is 0.0779. The normalized spacial score (nSPS) is 15.6. The highest BCUT2D eigenvalue weighted by atomic mass is 32.2. The Hall–Kier alpha value is -1.69. The lowest BCUT2D eigenvalue weighted by Gasteiger charge is -2.12. The van der Waals surface area contributed by atoms with E-state index in [0.29, 0.717) is 0 Å². The number of rotatable bonds is 4. The van der Waals surface area contributed by atoms with Gasteiger partial charge >= 0.3 is 0 Å². The van der Waals surface area contributed by atoms with Gasteiger partial charge in [0.2, 0.25) is 5.91 Å². The zero-order valence-corrected chi connectivity index (χ0v) is 11.7. The van der Waals surface area contributed by atoms with Crippen LogP contribution in [0, 0.1) is 5.82 Å². The van der Waals surface area contributed by atoms with Crippen LogP contribution >= 0.6 is 0 Å². The van der Waals surface area contributed by atoms with Crippen molar-refractivity contribution >= 4 is 15.9 Å². The van der Waals surface area contributed by atoms with Gasteiger partial charge in [0.15, 0.2) is 0 Å². The molecule has 0 aliphatic heterocycles. The van der Waals surface area contributed by atoms with Gasteiger partial charge in [-0.3, -0.25) is 4.79 Å². The molecule has 0 radical (unpaired) electrons. The molecule has 0 heterocycles. The van der Waals surface area contributed by atoms with Crippen LogP contribution in [0.2, 0.25) is 0 Å². The molecular formula is C14H16FNO3S. The SMILES string of the molecule is O=C(CC1=CCCCC1)NS(=O)(=O)c1cccc(F)c1. The highest BCUT2D eigenvalue weighted by molar-refractivity contribution is 7.90. The summed E-state index contributed by atoms with van der Waals surface area (Å²) in [4.78, 5) is 11.5. The zero-order chi connectivity index (χ0) is 14.6. The van der Waals surface area contributed by atoms with E-state index in [4.69, 9.17) is 0 Å². The monoisotopic (exact) mass is 297 g/mol. The van der Waals surface area contributed by atoms with Gasteiger partial charge in [-0.25, -0.2) is 17.5 Å². The van der Waals surface area contributed by atoms with Crippen LogP contribution in [0.3, 0.4) is 0 Å². The molecule has 0 fully saturated rings. The molecule has 0 aromatic heterocycles. The van der Waals surface area contributed by atoms with Crippen LogP contribution in [-0.2, 0) is 14.8 Å². The number of nitrogens with one attached hydrogen (secondary N) is 1. The first-order valence-electron chi connectivity index (χ1n) is 6.46. The van der Waals surface area contributed by atoms with E-state index in [0.717, 1.165) is 43.4 Å². The Kier molecular flexibility index (Phi) is 4.54. The average Bonchev–Trinajstić information content (AvgIpc) is 2.39. The molecule has 1 N–H and O–H groups in total. The maximum atomic E-state index is 13.0. The largest absolute Gasteiger partial charge is 0.274 e. The van der Waals surface area contributed by atoms with E-state index >= 15 is 0 Å². The molecule has 1 aromatic carbocycles. The molecule has 1 aliphatic rings. The molecule has 2 rings (SSSR count). The number of hydrogen-bond donors (Lipinski definition) is 1. The highest BCUT2D eigenvalue weighted by Crippen LogP contribution is 2.20. The molecule has 1 aromatic rings. The van der Waals surface area contributed by atoms with Crippen LogP contribution in [0.4, 0.5) is 4.39 Å². The fourth-order valence-electron chi connectivity index (χ4n) is 2.15. The van der Waals surface area contributed by atoms with Gasteiger partial charge in [-0.1, -0.05) is 17.7 Å². The number of amides is 1. The van der Waals surface area contributed by atoms with Crippen LogP contribution in [0.25, 0.3) is 0 Å². The molecule has 108 valence electrons. The molecular weight excluding hydrogens is 281 g/mol. The Morgan fingerprint density at radius 1 is 1.30 bits per heavy atom. The van der Waals surface area contributed by atoms with Gasteiger partial charge in [-0.05, 0) is 43.9 Å². The molecule has 4 nitrogen and oxygen atoms in total. The number of carbonyl (C=O) groups is 1. The van der Waals surface area contributed by atoms with E-state index in [1.54, 1.807) is 0 Å². The summed E-state index contributed by atoms with van der Waals surface area (Å²) in [7, 11) is -4.00. The van der Waals surface area contributed by atoms with Gasteiger partial charge in [-0.2, -0.15) is 0 Å². The number of sulfonamides is 1. The highest BCUT2D eigenvalue weighted by Gasteiger charge is 2.19. The number of hydrogen-bond acceptors (Lipinski definition) is 3. The maximum absolute atomic E-state index is 13.0. The van der Waals surface area contributed by atoms with E-state index in [1.807, 2.05) is 10.8 Å². The first kappa shape index (κ1) is 14.7. The van der Waals surface area contributed by atoms with Crippen molar-refractivity contribution in [2.75, 3.05) is 0 Å². The quantitative estimate of drug-likeness (QED) is 0.869. The van der Waals surface area contributed by atoms with Crippen LogP contribution in [0.5, 0.6) is 0 Å². The van der Waals surface area contributed by atoms with Gasteiger partial charge in [0.1, 0.15) is 5.82 Å². The lowest BCUT2D eigenvalue weighted by molar-refractivity contribution is -0.118. The van der Waals surface area contributed by atoms with E-state index in [9.17, 15) is 17.6 Å². The molecule has 0 bridgehead atoms. The Morgan fingerprint density at radius 2 is 2.10 bits per heavy atom. The van der Waals surface area contributed by atoms with Gasteiger partial charge in [0, 0.05) is 6.42 Å². The molecule has 1 aliphatic carbocycles. The first-order valence-corrected chi connectivity index (χ1v) is 7.95. The Bertz CT molecular complexity index is 638. The summed E-state index contributed by atoms with van der Waals surface area (Å²) < 4.78 is 38.8. The fourth-order valence-corrected chi connectivity index (χ4v) is 3.17. The molecule has 1 amide bonds. The zero-order valence-electron chi connectivity index (χ0n) is 10.9. The molecule has 0 spiro atoms. The first-order chi connectivity index (χ1) is 9.47. The third-order valence-corrected chi connectivity index (χ3v) is 4.50. The number of allylic oxidation sites excluding steroid dienone is 1.